The first-order valence-corrected chi connectivity index (χ1v) is 12.9. The van der Waals surface area contributed by atoms with E-state index in [0.29, 0.717) is 0 Å². The molecule has 0 saturated carbocycles. The third kappa shape index (κ3) is 5.61. The summed E-state index contributed by atoms with van der Waals surface area (Å²) in [4.78, 5) is 0. The van der Waals surface area contributed by atoms with Gasteiger partial charge in [-0.2, -0.15) is 0 Å². The third-order valence-corrected chi connectivity index (χ3v) is 7.20. The van der Waals surface area contributed by atoms with Crippen LogP contribution in [0.25, 0.3) is 22.3 Å². The molecular weight excluding hydrogens is 564 g/mol. The lowest BCUT2D eigenvalue weighted by atomic mass is 9.98. The Labute approximate surface area is 237 Å². The zero-order chi connectivity index (χ0) is 30.5. The van der Waals surface area contributed by atoms with Crippen LogP contribution in [0.15, 0.2) is 40.8 Å². The Hall–Kier alpha value is -3.51. The number of benzene rings is 2. The maximum absolute atomic E-state index is 10.7. The van der Waals surface area contributed by atoms with Crippen molar-refractivity contribution in [2.75, 3.05) is 6.61 Å². The third-order valence-electron chi connectivity index (χ3n) is 7.20. The molecule has 15 heteroatoms. The molecule has 0 aliphatic carbocycles. The molecule has 3 aromatic rings. The van der Waals surface area contributed by atoms with E-state index in [4.69, 9.17) is 23.4 Å². The fourth-order valence-corrected chi connectivity index (χ4v) is 4.76. The quantitative estimate of drug-likeness (QED) is 0.124. The predicted octanol–water partition coefficient (Wildman–Crippen LogP) is -0.766. The molecule has 2 fully saturated rings. The van der Waals surface area contributed by atoms with Gasteiger partial charge in [-0.15, -0.1) is 0 Å². The van der Waals surface area contributed by atoms with Gasteiger partial charge in [-0.1, -0.05) is 0 Å². The maximum Gasteiger partial charge on any atom is 0.402 e. The predicted molar refractivity (Wildman–Crippen MR) is 138 cm³/mol. The lowest BCUT2D eigenvalue weighted by Gasteiger charge is -2.42. The summed E-state index contributed by atoms with van der Waals surface area (Å²) in [7, 11) is 0. The fraction of sp³-hybridized carbons (Fsp3) is 0.444. The monoisotopic (exact) mass is 595 g/mol. The highest BCUT2D eigenvalue weighted by Gasteiger charge is 2.48. The molecule has 5 unspecified atom stereocenters. The van der Waals surface area contributed by atoms with Crippen LogP contribution in [-0.4, -0.2) is 119 Å². The Morgan fingerprint density at radius 1 is 0.714 bits per heavy atom. The lowest BCUT2D eigenvalue weighted by Crippen LogP contribution is -2.61. The van der Waals surface area contributed by atoms with Gasteiger partial charge in [0.15, 0.2) is 17.8 Å². The van der Waals surface area contributed by atoms with E-state index in [9.17, 15) is 51.1 Å². The fourth-order valence-electron chi connectivity index (χ4n) is 4.76. The average Bonchev–Trinajstić information content (AvgIpc) is 2.95. The van der Waals surface area contributed by atoms with Crippen LogP contribution in [0.1, 0.15) is 6.92 Å². The molecule has 1 aromatic heterocycles. The van der Waals surface area contributed by atoms with E-state index in [1.807, 2.05) is 0 Å². The van der Waals surface area contributed by atoms with Crippen molar-refractivity contribution in [2.45, 2.75) is 68.3 Å². The number of hydrogen-bond acceptors (Lipinski definition) is 14. The second-order valence-corrected chi connectivity index (χ2v) is 10.2. The van der Waals surface area contributed by atoms with E-state index in [-0.39, 0.29) is 33.8 Å². The van der Waals surface area contributed by atoms with Gasteiger partial charge in [-0.3, -0.25) is 0 Å². The number of ether oxygens (including phenoxy) is 4. The van der Waals surface area contributed by atoms with Gasteiger partial charge in [-0.05, 0) is 19.1 Å². The number of aromatic hydroxyl groups is 4. The first-order valence-electron chi connectivity index (χ1n) is 12.9. The molecule has 0 amide bonds. The van der Waals surface area contributed by atoms with Crippen molar-refractivity contribution in [1.82, 2.24) is 0 Å². The zero-order valence-corrected chi connectivity index (χ0v) is 22.0. The lowest BCUT2D eigenvalue weighted by molar-refractivity contribution is -0.318. The SMILES string of the molecule is CC1O[C@@H](OCC2O[C@@H](Oc3cc4c(O)cc(O)cc4[o+]c3-c3ccc(O)c(O)c3)C(O)C(O)[C@@H]2O)C(O)[C@@H](O)[C@H]1O. The minimum absolute atomic E-state index is 0.00170. The molecule has 228 valence electrons. The van der Waals surface area contributed by atoms with Crippen molar-refractivity contribution in [1.29, 1.82) is 0 Å². The summed E-state index contributed by atoms with van der Waals surface area (Å²) in [5.74, 6) is -1.92. The number of hydrogen-bond donors (Lipinski definition) is 10. The largest absolute Gasteiger partial charge is 0.507 e. The number of phenols is 4. The molecule has 0 spiro atoms. The minimum Gasteiger partial charge on any atom is -0.507 e. The summed E-state index contributed by atoms with van der Waals surface area (Å²) < 4.78 is 28.3. The van der Waals surface area contributed by atoms with E-state index in [0.717, 1.165) is 12.1 Å². The van der Waals surface area contributed by atoms with Crippen LogP contribution in [0.2, 0.25) is 0 Å². The van der Waals surface area contributed by atoms with Gasteiger partial charge in [-0.25, -0.2) is 4.42 Å². The highest BCUT2D eigenvalue weighted by molar-refractivity contribution is 5.88. The zero-order valence-electron chi connectivity index (χ0n) is 22.0. The Bertz CT molecular complexity index is 1430. The molecule has 3 heterocycles. The second-order valence-electron chi connectivity index (χ2n) is 10.2. The van der Waals surface area contributed by atoms with Crippen molar-refractivity contribution in [3.63, 3.8) is 0 Å². The van der Waals surface area contributed by atoms with Crippen molar-refractivity contribution >= 4 is 11.0 Å². The van der Waals surface area contributed by atoms with Crippen LogP contribution in [0.4, 0.5) is 0 Å². The second kappa shape index (κ2) is 11.6. The molecule has 42 heavy (non-hydrogen) atoms. The molecule has 10 N–H and O–H groups in total. The van der Waals surface area contributed by atoms with Crippen molar-refractivity contribution in [3.8, 4) is 40.1 Å². The first kappa shape index (κ1) is 30.0. The molecule has 0 bridgehead atoms. The molecule has 10 atom stereocenters. The van der Waals surface area contributed by atoms with Crippen LogP contribution in [0.5, 0.6) is 28.7 Å². The number of aliphatic hydroxyl groups excluding tert-OH is 6. The van der Waals surface area contributed by atoms with Crippen molar-refractivity contribution < 1.29 is 74.4 Å². The summed E-state index contributed by atoms with van der Waals surface area (Å²) in [6.45, 7) is 0.925. The molecule has 15 nitrogen and oxygen atoms in total. The van der Waals surface area contributed by atoms with Gasteiger partial charge in [0.05, 0.1) is 24.3 Å². The topological polar surface area (TPSA) is 251 Å². The number of aliphatic hydroxyl groups is 6. The Kier molecular flexibility index (Phi) is 8.30. The summed E-state index contributed by atoms with van der Waals surface area (Å²) >= 11 is 0. The van der Waals surface area contributed by atoms with E-state index < -0.39 is 85.3 Å². The van der Waals surface area contributed by atoms with Crippen LogP contribution >= 0.6 is 0 Å². The van der Waals surface area contributed by atoms with Crippen molar-refractivity contribution in [2.24, 2.45) is 0 Å². The summed E-state index contributed by atoms with van der Waals surface area (Å²) in [5, 5.41) is 102. The molecule has 0 radical (unpaired) electrons. The Balaban J connectivity index is 1.44. The molecule has 2 aromatic carbocycles. The molecule has 2 aliphatic rings. The Morgan fingerprint density at radius 2 is 1.40 bits per heavy atom. The minimum atomic E-state index is -1.82. The number of rotatable bonds is 6. The number of fused-ring (bicyclic) bond motifs is 1. The van der Waals surface area contributed by atoms with Gasteiger partial charge >= 0.3 is 11.3 Å². The smallest absolute Gasteiger partial charge is 0.402 e. The van der Waals surface area contributed by atoms with E-state index in [1.165, 1.54) is 31.2 Å². The Morgan fingerprint density at radius 3 is 2.12 bits per heavy atom. The van der Waals surface area contributed by atoms with E-state index in [1.54, 1.807) is 0 Å². The standard InChI is InChI=1S/C27H30O15/c1-9-19(32)21(34)23(36)26(39-9)38-8-18-20(33)22(35)24(37)27(42-18)41-17-7-12-14(30)5-11(28)6-16(12)40-25(17)10-2-3-13(29)15(31)4-10/h2-7,9,18-24,26-27,32-37H,8H2,1H3,(H3-,28,29,30,31)/p+1/t9?,18?,19-,20+,21-,22?,23?,24?,26+,27+/m0/s1. The van der Waals surface area contributed by atoms with Crippen LogP contribution in [-0.2, 0) is 14.2 Å². The van der Waals surface area contributed by atoms with Gasteiger partial charge in [0, 0.05) is 18.2 Å². The van der Waals surface area contributed by atoms with Crippen LogP contribution in [0, 0.1) is 0 Å². The highest BCUT2D eigenvalue weighted by atomic mass is 16.7. The molecular formula is C27H31O15+. The molecule has 5 rings (SSSR count). The maximum atomic E-state index is 10.7. The molecule has 2 saturated heterocycles. The summed E-state index contributed by atoms with van der Waals surface area (Å²) in [6, 6.07) is 7.22. The van der Waals surface area contributed by atoms with Gasteiger partial charge in [0.2, 0.25) is 12.0 Å². The van der Waals surface area contributed by atoms with Gasteiger partial charge < -0.3 is 70.0 Å². The molecule has 2 aliphatic heterocycles. The van der Waals surface area contributed by atoms with E-state index in [2.05, 4.69) is 0 Å². The highest BCUT2D eigenvalue weighted by Crippen LogP contribution is 2.42. The van der Waals surface area contributed by atoms with Crippen molar-refractivity contribution in [3.05, 3.63) is 36.4 Å². The first-order chi connectivity index (χ1) is 19.8. The number of phenolic OH excluding ortho intramolecular Hbond substituents is 4. The summed E-state index contributed by atoms with van der Waals surface area (Å²) in [5.41, 5.74) is 0.163. The van der Waals surface area contributed by atoms with Gasteiger partial charge in [0.25, 0.3) is 0 Å². The summed E-state index contributed by atoms with van der Waals surface area (Å²) in [6.07, 6.45) is -15.3. The average molecular weight is 596 g/mol. The van der Waals surface area contributed by atoms with E-state index >= 15 is 0 Å². The van der Waals surface area contributed by atoms with Crippen LogP contribution < -0.4 is 4.74 Å². The van der Waals surface area contributed by atoms with Gasteiger partial charge in [0.1, 0.15) is 59.6 Å². The normalized spacial score (nSPS) is 33.5. The van der Waals surface area contributed by atoms with Crippen LogP contribution in [0.3, 0.4) is 0 Å².